The van der Waals surface area contributed by atoms with Crippen molar-refractivity contribution in [2.24, 2.45) is 0 Å². The molecule has 1 aliphatic heterocycles. The van der Waals surface area contributed by atoms with Gasteiger partial charge in [0.25, 0.3) is 0 Å². The highest BCUT2D eigenvalue weighted by atomic mass is 16.5. The number of anilines is 2. The third-order valence-corrected chi connectivity index (χ3v) is 3.39. The normalized spacial score (nSPS) is 18.9. The van der Waals surface area contributed by atoms with E-state index in [0.717, 1.165) is 17.9 Å². The first-order valence-electron chi connectivity index (χ1n) is 6.98. The summed E-state index contributed by atoms with van der Waals surface area (Å²) in [6.07, 6.45) is 0.915. The van der Waals surface area contributed by atoms with Crippen LogP contribution in [0.1, 0.15) is 19.0 Å². The fraction of sp³-hybridized carbons (Fsp3) is 0.571. The van der Waals surface area contributed by atoms with Crippen LogP contribution in [0.4, 0.5) is 11.5 Å². The van der Waals surface area contributed by atoms with Crippen molar-refractivity contribution in [1.82, 2.24) is 10.3 Å². The Morgan fingerprint density at radius 3 is 3.10 bits per heavy atom. The molecule has 0 aliphatic carbocycles. The van der Waals surface area contributed by atoms with E-state index in [1.54, 1.807) is 0 Å². The van der Waals surface area contributed by atoms with Crippen LogP contribution in [0.15, 0.2) is 12.1 Å². The van der Waals surface area contributed by atoms with Crippen molar-refractivity contribution >= 4 is 17.4 Å². The van der Waals surface area contributed by atoms with Crippen LogP contribution in [0.3, 0.4) is 0 Å². The molecule has 1 fully saturated rings. The highest BCUT2D eigenvalue weighted by Crippen LogP contribution is 2.20. The minimum Gasteiger partial charge on any atom is -0.397 e. The Balaban J connectivity index is 2.17. The smallest absolute Gasteiger partial charge is 0.245 e. The van der Waals surface area contributed by atoms with Gasteiger partial charge in [0.2, 0.25) is 5.91 Å². The van der Waals surface area contributed by atoms with Gasteiger partial charge in [-0.1, -0.05) is 6.92 Å². The molecule has 0 bridgehead atoms. The molecule has 0 radical (unpaired) electrons. The zero-order chi connectivity index (χ0) is 14.5. The van der Waals surface area contributed by atoms with E-state index >= 15 is 0 Å². The number of nitrogens with zero attached hydrogens (tertiary/aromatic N) is 2. The van der Waals surface area contributed by atoms with Crippen LogP contribution in [0.5, 0.6) is 0 Å². The lowest BCUT2D eigenvalue weighted by Crippen LogP contribution is -2.54. The third-order valence-electron chi connectivity index (χ3n) is 3.39. The number of ether oxygens (including phenoxy) is 1. The van der Waals surface area contributed by atoms with E-state index in [9.17, 15) is 4.79 Å². The molecule has 0 spiro atoms. The molecular weight excluding hydrogens is 256 g/mol. The summed E-state index contributed by atoms with van der Waals surface area (Å²) in [6, 6.07) is 3.35. The molecule has 1 amide bonds. The number of nitrogen functional groups attached to an aromatic ring is 1. The average Bonchev–Trinajstić information content (AvgIpc) is 2.47. The minimum atomic E-state index is -0.328. The Bertz CT molecular complexity index is 478. The average molecular weight is 278 g/mol. The van der Waals surface area contributed by atoms with E-state index in [1.165, 1.54) is 0 Å². The zero-order valence-corrected chi connectivity index (χ0v) is 12.1. The first kappa shape index (κ1) is 14.6. The lowest BCUT2D eigenvalue weighted by Gasteiger charge is -2.35. The molecule has 1 unspecified atom stereocenters. The summed E-state index contributed by atoms with van der Waals surface area (Å²) in [6.45, 7) is 6.22. The van der Waals surface area contributed by atoms with Gasteiger partial charge in [0, 0.05) is 13.1 Å². The molecule has 6 heteroatoms. The van der Waals surface area contributed by atoms with E-state index in [1.807, 2.05) is 30.9 Å². The van der Waals surface area contributed by atoms with E-state index in [2.05, 4.69) is 10.3 Å². The van der Waals surface area contributed by atoms with E-state index < -0.39 is 0 Å². The van der Waals surface area contributed by atoms with E-state index in [4.69, 9.17) is 10.5 Å². The fourth-order valence-electron chi connectivity index (χ4n) is 2.18. The van der Waals surface area contributed by atoms with Gasteiger partial charge >= 0.3 is 0 Å². The number of aryl methyl sites for hydroxylation is 1. The molecular formula is C14H22N4O2. The van der Waals surface area contributed by atoms with Gasteiger partial charge in [-0.3, -0.25) is 4.79 Å². The number of rotatable bonds is 4. The molecule has 0 aromatic carbocycles. The molecule has 110 valence electrons. The van der Waals surface area contributed by atoms with Crippen molar-refractivity contribution in [2.45, 2.75) is 26.3 Å². The fourth-order valence-corrected chi connectivity index (χ4v) is 2.18. The molecule has 1 aromatic rings. The van der Waals surface area contributed by atoms with Crippen molar-refractivity contribution in [3.63, 3.8) is 0 Å². The van der Waals surface area contributed by atoms with Gasteiger partial charge in [-0.2, -0.15) is 0 Å². The van der Waals surface area contributed by atoms with Gasteiger partial charge in [-0.05, 0) is 25.5 Å². The van der Waals surface area contributed by atoms with Gasteiger partial charge in [0.15, 0.2) is 0 Å². The van der Waals surface area contributed by atoms with Crippen LogP contribution in [-0.2, 0) is 9.53 Å². The summed E-state index contributed by atoms with van der Waals surface area (Å²) in [5.74, 6) is 0.763. The predicted molar refractivity (Wildman–Crippen MR) is 78.6 cm³/mol. The van der Waals surface area contributed by atoms with Crippen LogP contribution < -0.4 is 16.0 Å². The van der Waals surface area contributed by atoms with Crippen molar-refractivity contribution in [2.75, 3.05) is 36.9 Å². The quantitative estimate of drug-likeness (QED) is 0.847. The predicted octanol–water partition coefficient (Wildman–Crippen LogP) is 0.704. The molecule has 20 heavy (non-hydrogen) atoms. The molecule has 0 saturated carbocycles. The lowest BCUT2D eigenvalue weighted by molar-refractivity contribution is -0.124. The Labute approximate surface area is 119 Å². The maximum absolute atomic E-state index is 12.2. The number of hydrogen-bond acceptors (Lipinski definition) is 5. The maximum Gasteiger partial charge on any atom is 0.245 e. The standard InChI is InChI=1S/C14H22N4O2/c1-3-6-16-14(19)12-9-20-8-7-18(12)13-5-4-11(15)10(2)17-13/h4-5,12H,3,6-9,15H2,1-2H3,(H,16,19). The summed E-state index contributed by atoms with van der Waals surface area (Å²) in [4.78, 5) is 18.7. The Morgan fingerprint density at radius 2 is 2.40 bits per heavy atom. The molecule has 1 aromatic heterocycles. The molecule has 1 atom stereocenters. The van der Waals surface area contributed by atoms with Crippen LogP contribution in [0, 0.1) is 6.92 Å². The first-order valence-corrected chi connectivity index (χ1v) is 6.98. The summed E-state index contributed by atoms with van der Waals surface area (Å²) >= 11 is 0. The number of pyridine rings is 1. The summed E-state index contributed by atoms with van der Waals surface area (Å²) < 4.78 is 5.43. The summed E-state index contributed by atoms with van der Waals surface area (Å²) in [5.41, 5.74) is 7.23. The van der Waals surface area contributed by atoms with Crippen LogP contribution in [0.25, 0.3) is 0 Å². The van der Waals surface area contributed by atoms with Gasteiger partial charge in [0.1, 0.15) is 11.9 Å². The SMILES string of the molecule is CCCNC(=O)C1COCCN1c1ccc(N)c(C)n1. The molecule has 2 heterocycles. The molecule has 1 aliphatic rings. The van der Waals surface area contributed by atoms with Gasteiger partial charge in [-0.25, -0.2) is 4.98 Å². The monoisotopic (exact) mass is 278 g/mol. The number of aromatic nitrogens is 1. The van der Waals surface area contributed by atoms with Gasteiger partial charge in [-0.15, -0.1) is 0 Å². The number of hydrogen-bond donors (Lipinski definition) is 2. The summed E-state index contributed by atoms with van der Waals surface area (Å²) in [5, 5.41) is 2.91. The van der Waals surface area contributed by atoms with E-state index in [-0.39, 0.29) is 11.9 Å². The number of morpholine rings is 1. The highest BCUT2D eigenvalue weighted by molar-refractivity contribution is 5.85. The Hall–Kier alpha value is -1.82. The lowest BCUT2D eigenvalue weighted by atomic mass is 10.2. The molecule has 1 saturated heterocycles. The third kappa shape index (κ3) is 3.19. The second-order valence-corrected chi connectivity index (χ2v) is 4.92. The highest BCUT2D eigenvalue weighted by Gasteiger charge is 2.30. The van der Waals surface area contributed by atoms with Gasteiger partial charge in [0.05, 0.1) is 24.6 Å². The number of carbonyl (C=O) groups excluding carboxylic acids is 1. The van der Waals surface area contributed by atoms with Crippen molar-refractivity contribution in [1.29, 1.82) is 0 Å². The largest absolute Gasteiger partial charge is 0.397 e. The van der Waals surface area contributed by atoms with Gasteiger partial charge < -0.3 is 20.7 Å². The number of carbonyl (C=O) groups is 1. The number of nitrogens with two attached hydrogens (primary N) is 1. The Kier molecular flexibility index (Phi) is 4.79. The zero-order valence-electron chi connectivity index (χ0n) is 12.1. The maximum atomic E-state index is 12.2. The number of nitrogens with one attached hydrogen (secondary N) is 1. The molecule has 3 N–H and O–H groups in total. The minimum absolute atomic E-state index is 0.0113. The Morgan fingerprint density at radius 1 is 1.60 bits per heavy atom. The topological polar surface area (TPSA) is 80.5 Å². The number of amides is 1. The van der Waals surface area contributed by atoms with Crippen molar-refractivity contribution in [3.8, 4) is 0 Å². The van der Waals surface area contributed by atoms with Crippen LogP contribution >= 0.6 is 0 Å². The first-order chi connectivity index (χ1) is 9.63. The van der Waals surface area contributed by atoms with Crippen molar-refractivity contribution in [3.05, 3.63) is 17.8 Å². The second kappa shape index (κ2) is 6.56. The van der Waals surface area contributed by atoms with E-state index in [0.29, 0.717) is 32.0 Å². The van der Waals surface area contributed by atoms with Crippen molar-refractivity contribution < 1.29 is 9.53 Å². The molecule has 2 rings (SSSR count). The second-order valence-electron chi connectivity index (χ2n) is 4.92. The molecule has 6 nitrogen and oxygen atoms in total. The van der Waals surface area contributed by atoms with Crippen LogP contribution in [0.2, 0.25) is 0 Å². The van der Waals surface area contributed by atoms with Crippen LogP contribution in [-0.4, -0.2) is 43.2 Å². The summed E-state index contributed by atoms with van der Waals surface area (Å²) in [7, 11) is 0.